The fourth-order valence-corrected chi connectivity index (χ4v) is 4.15. The van der Waals surface area contributed by atoms with Gasteiger partial charge in [-0.1, -0.05) is 36.4 Å². The van der Waals surface area contributed by atoms with Crippen molar-refractivity contribution in [2.45, 2.75) is 21.3 Å². The molecule has 1 heterocycles. The van der Waals surface area contributed by atoms with E-state index in [0.29, 0.717) is 0 Å². The molecule has 0 nitrogen and oxygen atoms in total. The Kier molecular flexibility index (Phi) is 2.94. The molecule has 0 aromatic heterocycles. The molecule has 0 saturated carbocycles. The molecular formula is C14H12S2. The van der Waals surface area contributed by atoms with E-state index in [1.54, 1.807) is 0 Å². The molecule has 80 valence electrons. The molecule has 0 radical (unpaired) electrons. The summed E-state index contributed by atoms with van der Waals surface area (Å²) in [6.45, 7) is 0. The van der Waals surface area contributed by atoms with Crippen LogP contribution in [0.3, 0.4) is 0 Å². The zero-order chi connectivity index (χ0) is 10.8. The molecule has 0 aliphatic carbocycles. The zero-order valence-corrected chi connectivity index (χ0v) is 10.5. The number of rotatable bonds is 0. The first kappa shape index (κ1) is 10.3. The molecule has 0 amide bonds. The van der Waals surface area contributed by atoms with Gasteiger partial charge in [-0.25, -0.2) is 0 Å². The topological polar surface area (TPSA) is 0 Å². The number of thioether (sulfide) groups is 2. The van der Waals surface area contributed by atoms with E-state index in [0.717, 1.165) is 11.5 Å². The molecule has 0 fully saturated rings. The van der Waals surface area contributed by atoms with Crippen LogP contribution in [-0.2, 0) is 11.5 Å². The van der Waals surface area contributed by atoms with Crippen molar-refractivity contribution in [3.8, 4) is 0 Å². The van der Waals surface area contributed by atoms with Crippen molar-refractivity contribution in [2.75, 3.05) is 0 Å². The Morgan fingerprint density at radius 3 is 1.56 bits per heavy atom. The Labute approximate surface area is 104 Å². The molecule has 0 spiro atoms. The van der Waals surface area contributed by atoms with Crippen LogP contribution in [0.15, 0.2) is 58.3 Å². The van der Waals surface area contributed by atoms with Crippen LogP contribution in [0.25, 0.3) is 0 Å². The van der Waals surface area contributed by atoms with Crippen molar-refractivity contribution in [3.05, 3.63) is 59.7 Å². The molecule has 3 rings (SSSR count). The van der Waals surface area contributed by atoms with Gasteiger partial charge in [-0.15, -0.1) is 23.5 Å². The summed E-state index contributed by atoms with van der Waals surface area (Å²) in [6, 6.07) is 17.5. The normalized spacial score (nSPS) is 14.5. The van der Waals surface area contributed by atoms with Gasteiger partial charge in [0.25, 0.3) is 0 Å². The molecule has 16 heavy (non-hydrogen) atoms. The lowest BCUT2D eigenvalue weighted by Gasteiger charge is -2.15. The molecule has 0 saturated heterocycles. The van der Waals surface area contributed by atoms with Gasteiger partial charge >= 0.3 is 0 Å². The van der Waals surface area contributed by atoms with Crippen LogP contribution < -0.4 is 0 Å². The van der Waals surface area contributed by atoms with Crippen LogP contribution in [0.5, 0.6) is 0 Å². The maximum Gasteiger partial charge on any atom is 0.0243 e. The van der Waals surface area contributed by atoms with Gasteiger partial charge in [0.2, 0.25) is 0 Å². The molecule has 0 atom stereocenters. The first-order chi connectivity index (χ1) is 7.93. The lowest BCUT2D eigenvalue weighted by Crippen LogP contribution is -1.93. The lowest BCUT2D eigenvalue weighted by atomic mass is 10.2. The van der Waals surface area contributed by atoms with Crippen LogP contribution in [0, 0.1) is 0 Å². The number of hydrogen-bond donors (Lipinski definition) is 0. The van der Waals surface area contributed by atoms with E-state index in [2.05, 4.69) is 48.5 Å². The van der Waals surface area contributed by atoms with E-state index < -0.39 is 0 Å². The van der Waals surface area contributed by atoms with Crippen LogP contribution in [0.1, 0.15) is 11.1 Å². The van der Waals surface area contributed by atoms with Crippen LogP contribution >= 0.6 is 23.5 Å². The predicted octanol–water partition coefficient (Wildman–Crippen LogP) is 4.58. The van der Waals surface area contributed by atoms with Crippen LogP contribution in [0.4, 0.5) is 0 Å². The SMILES string of the molecule is c1ccc2c(c1)CSc1ccccc1CS2. The second-order valence-corrected chi connectivity index (χ2v) is 5.83. The van der Waals surface area contributed by atoms with Crippen molar-refractivity contribution in [1.82, 2.24) is 0 Å². The van der Waals surface area contributed by atoms with Crippen LogP contribution in [-0.4, -0.2) is 0 Å². The van der Waals surface area contributed by atoms with Gasteiger partial charge in [0.1, 0.15) is 0 Å². The summed E-state index contributed by atoms with van der Waals surface area (Å²) in [5, 5.41) is 0. The third-order valence-electron chi connectivity index (χ3n) is 2.71. The second kappa shape index (κ2) is 4.56. The minimum Gasteiger partial charge on any atom is -0.121 e. The molecular weight excluding hydrogens is 232 g/mol. The number of benzene rings is 2. The van der Waals surface area contributed by atoms with Crippen LogP contribution in [0.2, 0.25) is 0 Å². The summed E-state index contributed by atoms with van der Waals surface area (Å²) >= 11 is 3.90. The number of fused-ring (bicyclic) bond motifs is 2. The summed E-state index contributed by atoms with van der Waals surface area (Å²) in [6.07, 6.45) is 0. The van der Waals surface area contributed by atoms with E-state index in [9.17, 15) is 0 Å². The van der Waals surface area contributed by atoms with E-state index in [1.165, 1.54) is 20.9 Å². The Morgan fingerprint density at radius 2 is 1.06 bits per heavy atom. The minimum atomic E-state index is 1.08. The average molecular weight is 244 g/mol. The highest BCUT2D eigenvalue weighted by Crippen LogP contribution is 2.37. The predicted molar refractivity (Wildman–Crippen MR) is 72.0 cm³/mol. The quantitative estimate of drug-likeness (QED) is 0.665. The van der Waals surface area contributed by atoms with E-state index in [1.807, 2.05) is 23.5 Å². The third-order valence-corrected chi connectivity index (χ3v) is 5.04. The van der Waals surface area contributed by atoms with Gasteiger partial charge in [-0.2, -0.15) is 0 Å². The molecule has 0 bridgehead atoms. The van der Waals surface area contributed by atoms with Gasteiger partial charge < -0.3 is 0 Å². The smallest absolute Gasteiger partial charge is 0.0243 e. The van der Waals surface area contributed by atoms with Gasteiger partial charge in [-0.05, 0) is 23.3 Å². The monoisotopic (exact) mass is 244 g/mol. The molecule has 2 heteroatoms. The van der Waals surface area contributed by atoms with Crippen molar-refractivity contribution in [3.63, 3.8) is 0 Å². The molecule has 2 aromatic carbocycles. The van der Waals surface area contributed by atoms with E-state index in [4.69, 9.17) is 0 Å². The fourth-order valence-electron chi connectivity index (χ4n) is 1.84. The second-order valence-electron chi connectivity index (χ2n) is 3.79. The lowest BCUT2D eigenvalue weighted by molar-refractivity contribution is 1.20. The molecule has 1 aliphatic heterocycles. The van der Waals surface area contributed by atoms with Crippen molar-refractivity contribution >= 4 is 23.5 Å². The number of hydrogen-bond acceptors (Lipinski definition) is 2. The van der Waals surface area contributed by atoms with Crippen molar-refractivity contribution in [1.29, 1.82) is 0 Å². The molecule has 2 aromatic rings. The maximum atomic E-state index is 2.24. The molecule has 1 aliphatic rings. The summed E-state index contributed by atoms with van der Waals surface area (Å²) in [4.78, 5) is 2.87. The molecule has 0 N–H and O–H groups in total. The Morgan fingerprint density at radius 1 is 0.625 bits per heavy atom. The first-order valence-corrected chi connectivity index (χ1v) is 7.32. The Balaban J connectivity index is 1.97. The standard InChI is InChI=1S/C14H12S2/c1-3-7-13-11(5-1)9-15-14-8-4-2-6-12(14)10-16-13/h1-8H,9-10H2. The van der Waals surface area contributed by atoms with Crippen molar-refractivity contribution < 1.29 is 0 Å². The van der Waals surface area contributed by atoms with Crippen molar-refractivity contribution in [2.24, 2.45) is 0 Å². The van der Waals surface area contributed by atoms with Gasteiger partial charge in [0.05, 0.1) is 0 Å². The summed E-state index contributed by atoms with van der Waals surface area (Å²) < 4.78 is 0. The van der Waals surface area contributed by atoms with E-state index >= 15 is 0 Å². The Hall–Kier alpha value is -0.860. The molecule has 0 unspecified atom stereocenters. The summed E-state index contributed by atoms with van der Waals surface area (Å²) in [5.74, 6) is 2.17. The fraction of sp³-hybridized carbons (Fsp3) is 0.143. The summed E-state index contributed by atoms with van der Waals surface area (Å²) in [5.41, 5.74) is 2.93. The van der Waals surface area contributed by atoms with Gasteiger partial charge in [0.15, 0.2) is 0 Å². The zero-order valence-electron chi connectivity index (χ0n) is 8.85. The largest absolute Gasteiger partial charge is 0.121 e. The first-order valence-electron chi connectivity index (χ1n) is 5.35. The maximum absolute atomic E-state index is 2.24. The van der Waals surface area contributed by atoms with E-state index in [-0.39, 0.29) is 0 Å². The summed E-state index contributed by atoms with van der Waals surface area (Å²) in [7, 11) is 0. The third kappa shape index (κ3) is 2.00. The highest BCUT2D eigenvalue weighted by atomic mass is 32.2. The van der Waals surface area contributed by atoms with Gasteiger partial charge in [0, 0.05) is 21.3 Å². The Bertz CT molecular complexity index is 412. The van der Waals surface area contributed by atoms with Gasteiger partial charge in [-0.3, -0.25) is 0 Å². The highest BCUT2D eigenvalue weighted by molar-refractivity contribution is 8.00. The highest BCUT2D eigenvalue weighted by Gasteiger charge is 2.10. The minimum absolute atomic E-state index is 1.08. The average Bonchev–Trinajstić information content (AvgIpc) is 2.32.